The minimum absolute atomic E-state index is 0.0602. The zero-order valence-electron chi connectivity index (χ0n) is 12.2. The lowest BCUT2D eigenvalue weighted by Crippen LogP contribution is -2.47. The minimum atomic E-state index is -3.59. The van der Waals surface area contributed by atoms with E-state index >= 15 is 0 Å². The molecular weight excluding hydrogens is 300 g/mol. The van der Waals surface area contributed by atoms with E-state index in [0.29, 0.717) is 6.21 Å². The highest BCUT2D eigenvalue weighted by Gasteiger charge is 2.29. The van der Waals surface area contributed by atoms with Gasteiger partial charge in [-0.25, -0.2) is 13.2 Å². The number of carbonyl (C=O) groups excluding carboxylic acids is 3. The van der Waals surface area contributed by atoms with Crippen LogP contribution in [0.4, 0.5) is 0 Å². The lowest BCUT2D eigenvalue weighted by molar-refractivity contribution is -0.147. The first-order valence-corrected chi connectivity index (χ1v) is 8.28. The molecular formula is C12H20N2O6S. The van der Waals surface area contributed by atoms with E-state index in [1.54, 1.807) is 6.92 Å². The Hall–Kier alpha value is -1.77. The first-order chi connectivity index (χ1) is 9.63. The van der Waals surface area contributed by atoms with Gasteiger partial charge in [-0.2, -0.15) is 0 Å². The Kier molecular flexibility index (Phi) is 7.79. The maximum Gasteiger partial charge on any atom is 0.328 e. The van der Waals surface area contributed by atoms with Gasteiger partial charge in [-0.15, -0.1) is 0 Å². The largest absolute Gasteiger partial charge is 0.464 e. The van der Waals surface area contributed by atoms with E-state index in [1.165, 1.54) is 6.92 Å². The van der Waals surface area contributed by atoms with Crippen LogP contribution >= 0.6 is 0 Å². The van der Waals surface area contributed by atoms with Gasteiger partial charge in [0.05, 0.1) is 12.8 Å². The van der Waals surface area contributed by atoms with Gasteiger partial charge in [0.2, 0.25) is 5.91 Å². The van der Waals surface area contributed by atoms with Crippen LogP contribution in [0.1, 0.15) is 26.7 Å². The molecule has 21 heavy (non-hydrogen) atoms. The predicted molar refractivity (Wildman–Crippen MR) is 75.9 cm³/mol. The number of hydrogen-bond donors (Lipinski definition) is 2. The number of nitrogens with one attached hydrogen (secondary N) is 2. The van der Waals surface area contributed by atoms with Gasteiger partial charge >= 0.3 is 5.97 Å². The van der Waals surface area contributed by atoms with Crippen molar-refractivity contribution in [1.82, 2.24) is 5.32 Å². The van der Waals surface area contributed by atoms with Crippen molar-refractivity contribution in [2.75, 3.05) is 12.9 Å². The van der Waals surface area contributed by atoms with Gasteiger partial charge in [-0.3, -0.25) is 9.59 Å². The molecule has 1 amide bonds. The third-order valence-corrected chi connectivity index (χ3v) is 4.24. The molecule has 8 nitrogen and oxygen atoms in total. The Bertz CT molecular complexity index is 514. The third-order valence-electron chi connectivity index (χ3n) is 2.74. The zero-order chi connectivity index (χ0) is 16.6. The lowest BCUT2D eigenvalue weighted by Gasteiger charge is -2.18. The van der Waals surface area contributed by atoms with Crippen LogP contribution in [0.5, 0.6) is 0 Å². The number of Topliss-reactive ketones (excluding diaryl/α,β-unsaturated/α-hetero) is 1. The summed E-state index contributed by atoms with van der Waals surface area (Å²) < 4.78 is 27.4. The summed E-state index contributed by atoms with van der Waals surface area (Å²) >= 11 is 0. The fourth-order valence-electron chi connectivity index (χ4n) is 1.33. The van der Waals surface area contributed by atoms with E-state index in [2.05, 4.69) is 5.32 Å². The maximum absolute atomic E-state index is 11.8. The first-order valence-electron chi connectivity index (χ1n) is 6.32. The molecule has 0 unspecified atom stereocenters. The van der Waals surface area contributed by atoms with Crippen LogP contribution in [0.15, 0.2) is 0 Å². The molecule has 0 aromatic carbocycles. The highest BCUT2D eigenvalue weighted by Crippen LogP contribution is 2.04. The van der Waals surface area contributed by atoms with Crippen molar-refractivity contribution in [2.45, 2.75) is 38.0 Å². The molecule has 0 rings (SSSR count). The molecule has 0 radical (unpaired) electrons. The average Bonchev–Trinajstić information content (AvgIpc) is 2.40. The Morgan fingerprint density at radius 2 is 1.90 bits per heavy atom. The molecule has 0 spiro atoms. The summed E-state index contributed by atoms with van der Waals surface area (Å²) in [6.07, 6.45) is 1.34. The Morgan fingerprint density at radius 3 is 2.33 bits per heavy atom. The SMILES string of the molecule is CCOC(=O)[C@H](CCC(=O)C=N)NC(=O)[C@H](C)S(C)(=O)=O. The lowest BCUT2D eigenvalue weighted by atomic mass is 10.1. The highest BCUT2D eigenvalue weighted by molar-refractivity contribution is 7.92. The van der Waals surface area contributed by atoms with Crippen molar-refractivity contribution < 1.29 is 27.5 Å². The molecule has 0 aliphatic carbocycles. The van der Waals surface area contributed by atoms with E-state index in [4.69, 9.17) is 10.1 Å². The van der Waals surface area contributed by atoms with Crippen molar-refractivity contribution in [1.29, 1.82) is 5.41 Å². The van der Waals surface area contributed by atoms with Crippen LogP contribution in [-0.4, -0.2) is 56.4 Å². The number of sulfone groups is 1. The number of ketones is 1. The Morgan fingerprint density at radius 1 is 1.33 bits per heavy atom. The van der Waals surface area contributed by atoms with Crippen molar-refractivity contribution >= 4 is 33.7 Å². The molecule has 9 heteroatoms. The molecule has 0 heterocycles. The average molecular weight is 320 g/mol. The second kappa shape index (κ2) is 8.50. The summed E-state index contributed by atoms with van der Waals surface area (Å²) in [4.78, 5) is 34.6. The van der Waals surface area contributed by atoms with Crippen LogP contribution in [0.3, 0.4) is 0 Å². The molecule has 0 aliphatic heterocycles. The topological polar surface area (TPSA) is 130 Å². The van der Waals surface area contributed by atoms with Gasteiger partial charge in [0.1, 0.15) is 11.3 Å². The third kappa shape index (κ3) is 6.98. The smallest absolute Gasteiger partial charge is 0.328 e. The van der Waals surface area contributed by atoms with E-state index in [-0.39, 0.29) is 19.4 Å². The Labute approximate surface area is 123 Å². The normalized spacial score (nSPS) is 13.9. The van der Waals surface area contributed by atoms with Gasteiger partial charge in [0.25, 0.3) is 0 Å². The fourth-order valence-corrected chi connectivity index (χ4v) is 1.79. The van der Waals surface area contributed by atoms with Crippen LogP contribution in [-0.2, 0) is 29.0 Å². The van der Waals surface area contributed by atoms with Gasteiger partial charge in [0.15, 0.2) is 15.6 Å². The second-order valence-corrected chi connectivity index (χ2v) is 6.80. The molecule has 0 aliphatic rings. The summed E-state index contributed by atoms with van der Waals surface area (Å²) in [6, 6.07) is -1.12. The van der Waals surface area contributed by atoms with Crippen molar-refractivity contribution in [2.24, 2.45) is 0 Å². The number of hydrogen-bond acceptors (Lipinski definition) is 7. The van der Waals surface area contributed by atoms with Gasteiger partial charge in [0, 0.05) is 12.7 Å². The van der Waals surface area contributed by atoms with Crippen LogP contribution < -0.4 is 5.32 Å². The first kappa shape index (κ1) is 19.2. The number of amides is 1. The number of esters is 1. The number of rotatable bonds is 9. The van der Waals surface area contributed by atoms with Crippen molar-refractivity contribution in [3.05, 3.63) is 0 Å². The number of carbonyl (C=O) groups is 3. The molecule has 2 N–H and O–H groups in total. The highest BCUT2D eigenvalue weighted by atomic mass is 32.2. The zero-order valence-corrected chi connectivity index (χ0v) is 13.0. The van der Waals surface area contributed by atoms with Gasteiger partial charge in [-0.1, -0.05) is 0 Å². The molecule has 0 aromatic heterocycles. The molecule has 0 bridgehead atoms. The summed E-state index contributed by atoms with van der Waals surface area (Å²) in [5.41, 5.74) is 0. The van der Waals surface area contributed by atoms with Crippen LogP contribution in [0, 0.1) is 5.41 Å². The van der Waals surface area contributed by atoms with E-state index < -0.39 is 38.8 Å². The molecule has 0 fully saturated rings. The van der Waals surface area contributed by atoms with Crippen molar-refractivity contribution in [3.8, 4) is 0 Å². The van der Waals surface area contributed by atoms with Crippen LogP contribution in [0.2, 0.25) is 0 Å². The standard InChI is InChI=1S/C12H20N2O6S/c1-4-20-12(17)10(6-5-9(15)7-13)14-11(16)8(2)21(3,18)19/h7-8,10,13H,4-6H2,1-3H3,(H,14,16)/t8-,10-/m0/s1. The minimum Gasteiger partial charge on any atom is -0.464 e. The second-order valence-electron chi connectivity index (χ2n) is 4.43. The molecule has 2 atom stereocenters. The van der Waals surface area contributed by atoms with Crippen LogP contribution in [0.25, 0.3) is 0 Å². The molecule has 120 valence electrons. The van der Waals surface area contributed by atoms with Crippen molar-refractivity contribution in [3.63, 3.8) is 0 Å². The van der Waals surface area contributed by atoms with E-state index in [1.807, 2.05) is 0 Å². The predicted octanol–water partition coefficient (Wildman–Crippen LogP) is -0.534. The molecule has 0 saturated heterocycles. The Balaban J connectivity index is 4.89. The molecule has 0 aromatic rings. The quantitative estimate of drug-likeness (QED) is 0.433. The van der Waals surface area contributed by atoms with Gasteiger partial charge in [-0.05, 0) is 20.3 Å². The van der Waals surface area contributed by atoms with Gasteiger partial charge < -0.3 is 15.5 Å². The summed E-state index contributed by atoms with van der Waals surface area (Å²) in [7, 11) is -3.59. The summed E-state index contributed by atoms with van der Waals surface area (Å²) in [5.74, 6) is -2.09. The number of ether oxygens (including phenoxy) is 1. The monoisotopic (exact) mass is 320 g/mol. The van der Waals surface area contributed by atoms with E-state index in [0.717, 1.165) is 6.26 Å². The van der Waals surface area contributed by atoms with E-state index in [9.17, 15) is 22.8 Å². The fraction of sp³-hybridized carbons (Fsp3) is 0.667. The summed E-state index contributed by atoms with van der Waals surface area (Å²) in [6.45, 7) is 2.87. The molecule has 0 saturated carbocycles. The maximum atomic E-state index is 11.8. The summed E-state index contributed by atoms with van der Waals surface area (Å²) in [5, 5.41) is 7.73.